The molecule has 0 saturated carbocycles. The molecule has 0 aliphatic rings. The molecule has 1 aromatic heterocycles. The van der Waals surface area contributed by atoms with Crippen LogP contribution in [0.15, 0.2) is 52.9 Å². The molecule has 3 rings (SSSR count). The van der Waals surface area contributed by atoms with Gasteiger partial charge < -0.3 is 5.32 Å². The van der Waals surface area contributed by atoms with Crippen LogP contribution in [-0.4, -0.2) is 10.2 Å². The number of hydrogen-bond donors (Lipinski definition) is 1. The predicted octanol–water partition coefficient (Wildman–Crippen LogP) is 6.18. The first kappa shape index (κ1) is 18.0. The maximum atomic E-state index is 4.28. The Bertz CT molecular complexity index is 833. The van der Waals surface area contributed by atoms with Gasteiger partial charge in [-0.2, -0.15) is 0 Å². The highest BCUT2D eigenvalue weighted by atomic mass is 32.2. The highest BCUT2D eigenvalue weighted by Crippen LogP contribution is 2.31. The fourth-order valence-electron chi connectivity index (χ4n) is 2.39. The van der Waals surface area contributed by atoms with Crippen LogP contribution >= 0.6 is 23.1 Å². The SMILES string of the molecule is Cc1ccccc1Nc1nnc(SCc2ccc(C(C)(C)C)cc2)s1. The summed E-state index contributed by atoms with van der Waals surface area (Å²) in [6.45, 7) is 8.79. The number of nitrogens with one attached hydrogen (secondary N) is 1. The standard InChI is InChI=1S/C20H23N3S2/c1-14-7-5-6-8-17(14)21-18-22-23-19(25-18)24-13-15-9-11-16(12-10-15)20(2,3)4/h5-12H,13H2,1-4H3,(H,21,22). The van der Waals surface area contributed by atoms with Gasteiger partial charge in [0.25, 0.3) is 0 Å². The molecule has 0 aliphatic heterocycles. The van der Waals surface area contributed by atoms with E-state index in [0.29, 0.717) is 0 Å². The van der Waals surface area contributed by atoms with E-state index in [1.54, 1.807) is 23.1 Å². The molecule has 1 heterocycles. The van der Waals surface area contributed by atoms with E-state index in [1.165, 1.54) is 16.7 Å². The van der Waals surface area contributed by atoms with Crippen LogP contribution in [-0.2, 0) is 11.2 Å². The van der Waals surface area contributed by atoms with Crippen molar-refractivity contribution < 1.29 is 0 Å². The molecule has 0 spiro atoms. The highest BCUT2D eigenvalue weighted by molar-refractivity contribution is 8.00. The molecule has 0 bridgehead atoms. The summed E-state index contributed by atoms with van der Waals surface area (Å²) in [7, 11) is 0. The van der Waals surface area contributed by atoms with Crippen LogP contribution < -0.4 is 5.32 Å². The van der Waals surface area contributed by atoms with Gasteiger partial charge in [0.15, 0.2) is 4.34 Å². The third-order valence-electron chi connectivity index (χ3n) is 3.98. The molecule has 0 aliphatic carbocycles. The summed E-state index contributed by atoms with van der Waals surface area (Å²) < 4.78 is 0.982. The number of nitrogens with zero attached hydrogens (tertiary/aromatic N) is 2. The van der Waals surface area contributed by atoms with Gasteiger partial charge in [-0.3, -0.25) is 0 Å². The van der Waals surface area contributed by atoms with Crippen LogP contribution in [0.1, 0.15) is 37.5 Å². The molecule has 1 N–H and O–H groups in total. The number of aromatic nitrogens is 2. The van der Waals surface area contributed by atoms with Crippen molar-refractivity contribution in [3.63, 3.8) is 0 Å². The summed E-state index contributed by atoms with van der Waals surface area (Å²) in [6, 6.07) is 17.1. The number of para-hydroxylation sites is 1. The summed E-state index contributed by atoms with van der Waals surface area (Å²) in [6.07, 6.45) is 0. The Morgan fingerprint density at radius 3 is 2.40 bits per heavy atom. The van der Waals surface area contributed by atoms with Crippen molar-refractivity contribution in [1.29, 1.82) is 0 Å². The van der Waals surface area contributed by atoms with Crippen LogP contribution in [0.3, 0.4) is 0 Å². The first-order valence-corrected chi connectivity index (χ1v) is 10.1. The van der Waals surface area contributed by atoms with E-state index in [2.05, 4.69) is 79.6 Å². The predicted molar refractivity (Wildman–Crippen MR) is 109 cm³/mol. The molecule has 130 valence electrons. The van der Waals surface area contributed by atoms with Crippen molar-refractivity contribution in [2.75, 3.05) is 5.32 Å². The lowest BCUT2D eigenvalue weighted by atomic mass is 9.87. The summed E-state index contributed by atoms with van der Waals surface area (Å²) in [5, 5.41) is 12.7. The molecule has 0 fully saturated rings. The van der Waals surface area contributed by atoms with E-state index in [-0.39, 0.29) is 5.41 Å². The number of rotatable bonds is 5. The minimum absolute atomic E-state index is 0.195. The zero-order chi connectivity index (χ0) is 17.9. The molecule has 0 radical (unpaired) electrons. The van der Waals surface area contributed by atoms with Gasteiger partial charge in [0.2, 0.25) is 5.13 Å². The maximum Gasteiger partial charge on any atom is 0.210 e. The molecule has 3 nitrogen and oxygen atoms in total. The topological polar surface area (TPSA) is 37.8 Å². The molecule has 5 heteroatoms. The number of anilines is 2. The Morgan fingerprint density at radius 2 is 1.72 bits per heavy atom. The summed E-state index contributed by atoms with van der Waals surface area (Å²) in [5.74, 6) is 0.906. The van der Waals surface area contributed by atoms with Gasteiger partial charge in [0.05, 0.1) is 0 Å². The molecule has 25 heavy (non-hydrogen) atoms. The summed E-state index contributed by atoms with van der Waals surface area (Å²) >= 11 is 3.32. The Morgan fingerprint density at radius 1 is 1.00 bits per heavy atom. The van der Waals surface area contributed by atoms with Gasteiger partial charge in [-0.1, -0.05) is 86.3 Å². The second kappa shape index (κ2) is 7.58. The van der Waals surface area contributed by atoms with Gasteiger partial charge >= 0.3 is 0 Å². The van der Waals surface area contributed by atoms with Gasteiger partial charge in [0.1, 0.15) is 0 Å². The van der Waals surface area contributed by atoms with Crippen molar-refractivity contribution in [1.82, 2.24) is 10.2 Å². The van der Waals surface area contributed by atoms with E-state index < -0.39 is 0 Å². The molecule has 2 aromatic carbocycles. The summed E-state index contributed by atoms with van der Waals surface area (Å²) in [4.78, 5) is 0. The van der Waals surface area contributed by atoms with E-state index in [4.69, 9.17) is 0 Å². The number of thioether (sulfide) groups is 1. The van der Waals surface area contributed by atoms with Crippen molar-refractivity contribution >= 4 is 33.9 Å². The quantitative estimate of drug-likeness (QED) is 0.545. The van der Waals surface area contributed by atoms with Crippen molar-refractivity contribution in [3.8, 4) is 0 Å². The smallest absolute Gasteiger partial charge is 0.210 e. The molecular weight excluding hydrogens is 346 g/mol. The lowest BCUT2D eigenvalue weighted by Gasteiger charge is -2.19. The van der Waals surface area contributed by atoms with E-state index in [9.17, 15) is 0 Å². The lowest BCUT2D eigenvalue weighted by Crippen LogP contribution is -2.10. The number of hydrogen-bond acceptors (Lipinski definition) is 5. The van der Waals surface area contributed by atoms with Crippen molar-refractivity contribution in [2.24, 2.45) is 0 Å². The minimum atomic E-state index is 0.195. The highest BCUT2D eigenvalue weighted by Gasteiger charge is 2.13. The minimum Gasteiger partial charge on any atom is -0.330 e. The molecule has 0 atom stereocenters. The zero-order valence-corrected chi connectivity index (χ0v) is 16.7. The normalized spacial score (nSPS) is 11.5. The van der Waals surface area contributed by atoms with Crippen LogP contribution in [0.4, 0.5) is 10.8 Å². The Balaban J connectivity index is 1.59. The average molecular weight is 370 g/mol. The third kappa shape index (κ3) is 4.83. The Labute approximate surface area is 157 Å². The summed E-state index contributed by atoms with van der Waals surface area (Å²) in [5.41, 5.74) is 5.14. The molecule has 0 amide bonds. The average Bonchev–Trinajstić information content (AvgIpc) is 3.02. The molecule has 0 saturated heterocycles. The second-order valence-corrected chi connectivity index (χ2v) is 9.25. The van der Waals surface area contributed by atoms with Crippen molar-refractivity contribution in [2.45, 2.75) is 43.2 Å². The maximum absolute atomic E-state index is 4.28. The monoisotopic (exact) mass is 369 g/mol. The first-order valence-electron chi connectivity index (χ1n) is 8.30. The third-order valence-corrected chi connectivity index (χ3v) is 6.02. The Kier molecular flexibility index (Phi) is 5.45. The fraction of sp³-hybridized carbons (Fsp3) is 0.300. The number of benzene rings is 2. The Hall–Kier alpha value is -1.85. The van der Waals surface area contributed by atoms with E-state index in [0.717, 1.165) is 20.9 Å². The molecule has 0 unspecified atom stereocenters. The van der Waals surface area contributed by atoms with Gasteiger partial charge in [-0.25, -0.2) is 0 Å². The first-order chi connectivity index (χ1) is 11.9. The van der Waals surface area contributed by atoms with Gasteiger partial charge in [-0.05, 0) is 35.1 Å². The van der Waals surface area contributed by atoms with Crippen molar-refractivity contribution in [3.05, 3.63) is 65.2 Å². The fourth-order valence-corrected chi connectivity index (χ4v) is 4.11. The van der Waals surface area contributed by atoms with Crippen LogP contribution in [0.2, 0.25) is 0 Å². The zero-order valence-electron chi connectivity index (χ0n) is 15.0. The largest absolute Gasteiger partial charge is 0.330 e. The lowest BCUT2D eigenvalue weighted by molar-refractivity contribution is 0.590. The second-order valence-electron chi connectivity index (χ2n) is 7.05. The van der Waals surface area contributed by atoms with Gasteiger partial charge in [0, 0.05) is 11.4 Å². The molecular formula is C20H23N3S2. The van der Waals surface area contributed by atoms with Crippen LogP contribution in [0, 0.1) is 6.92 Å². The van der Waals surface area contributed by atoms with E-state index in [1.807, 2.05) is 12.1 Å². The van der Waals surface area contributed by atoms with Crippen LogP contribution in [0.25, 0.3) is 0 Å². The number of aryl methyl sites for hydroxylation is 1. The van der Waals surface area contributed by atoms with Gasteiger partial charge in [-0.15, -0.1) is 10.2 Å². The van der Waals surface area contributed by atoms with E-state index >= 15 is 0 Å². The molecule has 3 aromatic rings. The van der Waals surface area contributed by atoms with Crippen LogP contribution in [0.5, 0.6) is 0 Å².